The highest BCUT2D eigenvalue weighted by Gasteiger charge is 2.20. The van der Waals surface area contributed by atoms with Crippen LogP contribution in [0.3, 0.4) is 0 Å². The zero-order valence-corrected chi connectivity index (χ0v) is 16.2. The zero-order chi connectivity index (χ0) is 20.8. The number of nitrogens with one attached hydrogen (secondary N) is 1. The summed E-state index contributed by atoms with van der Waals surface area (Å²) in [6.07, 6.45) is -0.985. The molecule has 0 saturated heterocycles. The third-order valence-electron chi connectivity index (χ3n) is 4.50. The maximum absolute atomic E-state index is 13.0. The Hall–Kier alpha value is -3.41. The maximum Gasteiger partial charge on any atom is 0.344 e. The molecule has 0 saturated carbocycles. The van der Waals surface area contributed by atoms with Crippen molar-refractivity contribution in [3.63, 3.8) is 0 Å². The van der Waals surface area contributed by atoms with E-state index in [0.717, 1.165) is 16.3 Å². The zero-order valence-electron chi connectivity index (χ0n) is 16.2. The number of ether oxygens (including phenoxy) is 2. The first-order valence-corrected chi connectivity index (χ1v) is 9.30. The Morgan fingerprint density at radius 3 is 2.41 bits per heavy atom. The Morgan fingerprint density at radius 1 is 0.966 bits per heavy atom. The summed E-state index contributed by atoms with van der Waals surface area (Å²) in [5.41, 5.74) is 0.748. The number of hydrogen-bond acceptors (Lipinski definition) is 4. The van der Waals surface area contributed by atoms with Crippen molar-refractivity contribution in [1.29, 1.82) is 0 Å². The van der Waals surface area contributed by atoms with Crippen molar-refractivity contribution in [2.24, 2.45) is 0 Å². The molecule has 150 valence electrons. The van der Waals surface area contributed by atoms with Gasteiger partial charge >= 0.3 is 5.97 Å². The SMILES string of the molecule is C[C@H](OC(=O)COc1cccc2ccccc12)C(=O)N[C@H](C)c1ccc(F)cc1. The van der Waals surface area contributed by atoms with E-state index < -0.39 is 18.0 Å². The van der Waals surface area contributed by atoms with E-state index in [1.54, 1.807) is 25.1 Å². The number of fused-ring (bicyclic) bond motifs is 1. The minimum absolute atomic E-state index is 0.306. The van der Waals surface area contributed by atoms with Gasteiger partial charge in [0.2, 0.25) is 0 Å². The number of carbonyl (C=O) groups is 2. The lowest BCUT2D eigenvalue weighted by Gasteiger charge is -2.18. The molecule has 29 heavy (non-hydrogen) atoms. The van der Waals surface area contributed by atoms with Gasteiger partial charge in [-0.15, -0.1) is 0 Å². The van der Waals surface area contributed by atoms with Gasteiger partial charge in [-0.3, -0.25) is 4.79 Å². The molecule has 0 unspecified atom stereocenters. The molecule has 3 aromatic rings. The predicted octanol–water partition coefficient (Wildman–Crippen LogP) is 4.17. The quantitative estimate of drug-likeness (QED) is 0.610. The van der Waals surface area contributed by atoms with Gasteiger partial charge in [0.25, 0.3) is 5.91 Å². The van der Waals surface area contributed by atoms with E-state index in [4.69, 9.17) is 9.47 Å². The number of benzene rings is 3. The first-order chi connectivity index (χ1) is 13.9. The molecular formula is C23H22FNO4. The van der Waals surface area contributed by atoms with Gasteiger partial charge in [-0.1, -0.05) is 48.5 Å². The Labute approximate surface area is 168 Å². The molecule has 0 spiro atoms. The average Bonchev–Trinajstić information content (AvgIpc) is 2.72. The Kier molecular flexibility index (Phi) is 6.44. The number of amides is 1. The molecule has 6 heteroatoms. The van der Waals surface area contributed by atoms with Crippen LogP contribution in [-0.2, 0) is 14.3 Å². The molecule has 0 fully saturated rings. The average molecular weight is 395 g/mol. The summed E-state index contributed by atoms with van der Waals surface area (Å²) in [5.74, 6) is -0.863. The fourth-order valence-corrected chi connectivity index (χ4v) is 2.91. The fraction of sp³-hybridized carbons (Fsp3) is 0.217. The van der Waals surface area contributed by atoms with Crippen molar-refractivity contribution in [2.75, 3.05) is 6.61 Å². The van der Waals surface area contributed by atoms with Gasteiger partial charge in [0.15, 0.2) is 12.7 Å². The van der Waals surface area contributed by atoms with Crippen molar-refractivity contribution in [3.05, 3.63) is 78.1 Å². The topological polar surface area (TPSA) is 64.6 Å². The summed E-state index contributed by atoms with van der Waals surface area (Å²) in [6.45, 7) is 2.95. The van der Waals surface area contributed by atoms with Gasteiger partial charge in [0, 0.05) is 5.39 Å². The Morgan fingerprint density at radius 2 is 1.66 bits per heavy atom. The van der Waals surface area contributed by atoms with Crippen molar-refractivity contribution in [2.45, 2.75) is 26.0 Å². The molecule has 3 aromatic carbocycles. The van der Waals surface area contributed by atoms with Crippen molar-refractivity contribution in [3.8, 4) is 5.75 Å². The third-order valence-corrected chi connectivity index (χ3v) is 4.50. The van der Waals surface area contributed by atoms with Gasteiger partial charge in [0.1, 0.15) is 11.6 Å². The molecule has 0 aromatic heterocycles. The van der Waals surface area contributed by atoms with Crippen LogP contribution >= 0.6 is 0 Å². The molecule has 1 amide bonds. The summed E-state index contributed by atoms with van der Waals surface area (Å²) in [5, 5.41) is 4.63. The predicted molar refractivity (Wildman–Crippen MR) is 108 cm³/mol. The molecule has 0 aliphatic carbocycles. The lowest BCUT2D eigenvalue weighted by Crippen LogP contribution is -2.38. The molecule has 0 heterocycles. The van der Waals surface area contributed by atoms with Crippen LogP contribution < -0.4 is 10.1 Å². The van der Waals surface area contributed by atoms with Crippen LogP contribution in [0.5, 0.6) is 5.75 Å². The Bertz CT molecular complexity index is 998. The van der Waals surface area contributed by atoms with E-state index in [9.17, 15) is 14.0 Å². The Balaban J connectivity index is 1.51. The second-order valence-electron chi connectivity index (χ2n) is 6.68. The molecule has 1 N–H and O–H groups in total. The number of esters is 1. The van der Waals surface area contributed by atoms with Crippen LogP contribution in [0.25, 0.3) is 10.8 Å². The van der Waals surface area contributed by atoms with E-state index in [0.29, 0.717) is 5.75 Å². The van der Waals surface area contributed by atoms with Crippen LogP contribution in [0.1, 0.15) is 25.5 Å². The number of halogens is 1. The molecule has 0 bridgehead atoms. The second kappa shape index (κ2) is 9.19. The van der Waals surface area contributed by atoms with Crippen molar-refractivity contribution < 1.29 is 23.5 Å². The van der Waals surface area contributed by atoms with Crippen LogP contribution in [-0.4, -0.2) is 24.6 Å². The number of carbonyl (C=O) groups excluding carboxylic acids is 2. The lowest BCUT2D eigenvalue weighted by molar-refractivity contribution is -0.156. The van der Waals surface area contributed by atoms with Crippen molar-refractivity contribution in [1.82, 2.24) is 5.32 Å². The van der Waals surface area contributed by atoms with Gasteiger partial charge in [-0.2, -0.15) is 0 Å². The van der Waals surface area contributed by atoms with E-state index in [-0.39, 0.29) is 18.5 Å². The number of rotatable bonds is 7. The van der Waals surface area contributed by atoms with Crippen LogP contribution in [0.15, 0.2) is 66.7 Å². The summed E-state index contributed by atoms with van der Waals surface area (Å²) < 4.78 is 23.8. The fourth-order valence-electron chi connectivity index (χ4n) is 2.91. The minimum Gasteiger partial charge on any atom is -0.481 e. The lowest BCUT2D eigenvalue weighted by atomic mass is 10.1. The monoisotopic (exact) mass is 395 g/mol. The summed E-state index contributed by atoms with van der Waals surface area (Å²) in [7, 11) is 0. The van der Waals surface area contributed by atoms with Crippen LogP contribution in [0.4, 0.5) is 4.39 Å². The normalized spacial score (nSPS) is 12.8. The molecule has 0 aliphatic rings. The molecule has 0 radical (unpaired) electrons. The molecule has 2 atom stereocenters. The summed E-state index contributed by atoms with van der Waals surface area (Å²) in [4.78, 5) is 24.4. The van der Waals surface area contributed by atoms with Gasteiger partial charge in [-0.05, 0) is 43.0 Å². The highest BCUT2D eigenvalue weighted by Crippen LogP contribution is 2.25. The van der Waals surface area contributed by atoms with E-state index in [1.165, 1.54) is 19.1 Å². The van der Waals surface area contributed by atoms with Crippen LogP contribution in [0, 0.1) is 5.82 Å². The van der Waals surface area contributed by atoms with Gasteiger partial charge in [-0.25, -0.2) is 9.18 Å². The first-order valence-electron chi connectivity index (χ1n) is 9.30. The summed E-state index contributed by atoms with van der Waals surface area (Å²) >= 11 is 0. The molecule has 5 nitrogen and oxygen atoms in total. The standard InChI is InChI=1S/C23H22FNO4/c1-15(17-10-12-19(24)13-11-17)25-23(27)16(2)29-22(26)14-28-21-9-5-7-18-6-3-4-8-20(18)21/h3-13,15-16H,14H2,1-2H3,(H,25,27)/t15-,16+/m1/s1. The van der Waals surface area contributed by atoms with Crippen molar-refractivity contribution >= 4 is 22.6 Å². The second-order valence-corrected chi connectivity index (χ2v) is 6.68. The largest absolute Gasteiger partial charge is 0.481 e. The van der Waals surface area contributed by atoms with Gasteiger partial charge < -0.3 is 14.8 Å². The minimum atomic E-state index is -0.985. The third kappa shape index (κ3) is 5.31. The van der Waals surface area contributed by atoms with E-state index >= 15 is 0 Å². The first kappa shape index (κ1) is 20.3. The van der Waals surface area contributed by atoms with E-state index in [2.05, 4.69) is 5.32 Å². The van der Waals surface area contributed by atoms with Crippen LogP contribution in [0.2, 0.25) is 0 Å². The maximum atomic E-state index is 13.0. The van der Waals surface area contributed by atoms with Gasteiger partial charge in [0.05, 0.1) is 6.04 Å². The molecule has 0 aliphatic heterocycles. The number of hydrogen-bond donors (Lipinski definition) is 1. The highest BCUT2D eigenvalue weighted by molar-refractivity contribution is 5.88. The molecule has 3 rings (SSSR count). The van der Waals surface area contributed by atoms with E-state index in [1.807, 2.05) is 36.4 Å². The summed E-state index contributed by atoms with van der Waals surface area (Å²) in [6, 6.07) is 18.7. The highest BCUT2D eigenvalue weighted by atomic mass is 19.1. The smallest absolute Gasteiger partial charge is 0.344 e. The molecular weight excluding hydrogens is 373 g/mol.